The second-order valence-corrected chi connectivity index (χ2v) is 6.73. The number of carboxylic acids is 1. The van der Waals surface area contributed by atoms with Gasteiger partial charge in [0.1, 0.15) is 17.3 Å². The molecule has 2 atom stereocenters. The van der Waals surface area contributed by atoms with Gasteiger partial charge in [-0.25, -0.2) is 4.39 Å². The van der Waals surface area contributed by atoms with Gasteiger partial charge in [-0.3, -0.25) is 9.69 Å². The van der Waals surface area contributed by atoms with Gasteiger partial charge in [0, 0.05) is 18.2 Å². The van der Waals surface area contributed by atoms with Gasteiger partial charge in [0.2, 0.25) is 0 Å². The molecule has 1 aliphatic heterocycles. The summed E-state index contributed by atoms with van der Waals surface area (Å²) in [6.07, 6.45) is 1.47. The number of nitrogens with zero attached hydrogens (tertiary/aromatic N) is 1. The summed E-state index contributed by atoms with van der Waals surface area (Å²) in [7, 11) is 3.18. The highest BCUT2D eigenvalue weighted by atomic mass is 19.1. The van der Waals surface area contributed by atoms with Gasteiger partial charge in [-0.2, -0.15) is 0 Å². The molecule has 3 rings (SSSR count). The van der Waals surface area contributed by atoms with E-state index in [1.165, 1.54) is 12.1 Å². The number of benzene rings is 2. The van der Waals surface area contributed by atoms with Crippen LogP contribution in [0.25, 0.3) is 0 Å². The third kappa shape index (κ3) is 4.22. The molecule has 6 heteroatoms. The standard InChI is InChI=1S/C21H24FNO4/c1-26-17-9-10-18(19(12-17)27-2)20(14-5-7-16(22)8-6-14)23-11-3-4-15(13-23)21(24)25/h5-10,12,15,20H,3-4,11,13H2,1-2H3,(H,24,25). The molecule has 0 amide bonds. The number of likely N-dealkylation sites (tertiary alicyclic amines) is 1. The van der Waals surface area contributed by atoms with Crippen LogP contribution in [0.5, 0.6) is 11.5 Å². The summed E-state index contributed by atoms with van der Waals surface area (Å²) in [5.74, 6) is -0.164. The van der Waals surface area contributed by atoms with E-state index in [0.717, 1.165) is 24.1 Å². The predicted octanol–water partition coefficient (Wildman–Crippen LogP) is 3.73. The highest BCUT2D eigenvalue weighted by Gasteiger charge is 2.32. The zero-order chi connectivity index (χ0) is 19.4. The number of halogens is 1. The molecule has 0 spiro atoms. The van der Waals surface area contributed by atoms with E-state index in [1.54, 1.807) is 26.4 Å². The van der Waals surface area contributed by atoms with Gasteiger partial charge in [0.15, 0.2) is 0 Å². The summed E-state index contributed by atoms with van der Waals surface area (Å²) >= 11 is 0. The van der Waals surface area contributed by atoms with E-state index >= 15 is 0 Å². The van der Waals surface area contributed by atoms with Crippen molar-refractivity contribution in [1.82, 2.24) is 4.90 Å². The lowest BCUT2D eigenvalue weighted by Gasteiger charge is -2.38. The van der Waals surface area contributed by atoms with Crippen molar-refractivity contribution in [3.63, 3.8) is 0 Å². The minimum Gasteiger partial charge on any atom is -0.497 e. The van der Waals surface area contributed by atoms with Crippen molar-refractivity contribution in [3.8, 4) is 11.5 Å². The Kier molecular flexibility index (Phi) is 5.96. The summed E-state index contributed by atoms with van der Waals surface area (Å²) in [6, 6.07) is 11.7. The first-order valence-electron chi connectivity index (χ1n) is 8.97. The molecule has 0 aliphatic carbocycles. The molecule has 2 aromatic carbocycles. The van der Waals surface area contributed by atoms with Crippen LogP contribution in [0.2, 0.25) is 0 Å². The smallest absolute Gasteiger partial charge is 0.307 e. The van der Waals surface area contributed by atoms with Crippen molar-refractivity contribution in [2.75, 3.05) is 27.3 Å². The molecule has 144 valence electrons. The van der Waals surface area contributed by atoms with Crippen molar-refractivity contribution in [1.29, 1.82) is 0 Å². The Balaban J connectivity index is 2.05. The Hall–Kier alpha value is -2.60. The summed E-state index contributed by atoms with van der Waals surface area (Å²) in [6.45, 7) is 1.20. The number of aliphatic carboxylic acids is 1. The quantitative estimate of drug-likeness (QED) is 0.836. The molecular weight excluding hydrogens is 349 g/mol. The average Bonchev–Trinajstić information content (AvgIpc) is 2.70. The topological polar surface area (TPSA) is 59.0 Å². The average molecular weight is 373 g/mol. The normalized spacial score (nSPS) is 18.7. The number of ether oxygens (including phenoxy) is 2. The second kappa shape index (κ2) is 8.39. The van der Waals surface area contributed by atoms with Crippen LogP contribution in [-0.4, -0.2) is 43.3 Å². The van der Waals surface area contributed by atoms with Gasteiger partial charge < -0.3 is 14.6 Å². The Labute approximate surface area is 158 Å². The lowest BCUT2D eigenvalue weighted by Crippen LogP contribution is -2.41. The number of methoxy groups -OCH3 is 2. The highest BCUT2D eigenvalue weighted by Crippen LogP contribution is 2.38. The second-order valence-electron chi connectivity index (χ2n) is 6.73. The molecular formula is C21H24FNO4. The van der Waals surface area contributed by atoms with Crippen molar-refractivity contribution >= 4 is 5.97 Å². The molecule has 0 bridgehead atoms. The van der Waals surface area contributed by atoms with Crippen molar-refractivity contribution in [3.05, 3.63) is 59.4 Å². The first-order valence-corrected chi connectivity index (χ1v) is 8.97. The number of carbonyl (C=O) groups is 1. The molecule has 1 aliphatic rings. The van der Waals surface area contributed by atoms with Gasteiger partial charge in [0.05, 0.1) is 26.2 Å². The molecule has 0 aromatic heterocycles. The molecule has 27 heavy (non-hydrogen) atoms. The molecule has 1 fully saturated rings. The Bertz CT molecular complexity index is 793. The first-order chi connectivity index (χ1) is 13.0. The summed E-state index contributed by atoms with van der Waals surface area (Å²) < 4.78 is 24.3. The maximum atomic E-state index is 13.5. The van der Waals surface area contributed by atoms with Crippen LogP contribution >= 0.6 is 0 Å². The van der Waals surface area contributed by atoms with Gasteiger partial charge in [-0.05, 0) is 49.2 Å². The van der Waals surface area contributed by atoms with Gasteiger partial charge >= 0.3 is 5.97 Å². The Morgan fingerprint density at radius 1 is 1.19 bits per heavy atom. The van der Waals surface area contributed by atoms with Crippen LogP contribution < -0.4 is 9.47 Å². The Morgan fingerprint density at radius 3 is 2.56 bits per heavy atom. The van der Waals surface area contributed by atoms with Crippen molar-refractivity contribution in [2.24, 2.45) is 5.92 Å². The number of carboxylic acid groups (broad SMARTS) is 1. The highest BCUT2D eigenvalue weighted by molar-refractivity contribution is 5.70. The minimum atomic E-state index is -0.778. The van der Waals surface area contributed by atoms with Gasteiger partial charge in [-0.15, -0.1) is 0 Å². The van der Waals surface area contributed by atoms with E-state index in [-0.39, 0.29) is 11.9 Å². The van der Waals surface area contributed by atoms with Crippen LogP contribution in [0.4, 0.5) is 4.39 Å². The number of rotatable bonds is 6. The summed E-state index contributed by atoms with van der Waals surface area (Å²) in [5, 5.41) is 9.47. The Morgan fingerprint density at radius 2 is 1.93 bits per heavy atom. The van der Waals surface area contributed by atoms with E-state index in [2.05, 4.69) is 4.90 Å². The summed E-state index contributed by atoms with van der Waals surface area (Å²) in [5.41, 5.74) is 1.79. The van der Waals surface area contributed by atoms with Crippen LogP contribution in [0.15, 0.2) is 42.5 Å². The fraction of sp³-hybridized carbons (Fsp3) is 0.381. The van der Waals surface area contributed by atoms with Gasteiger partial charge in [-0.1, -0.05) is 12.1 Å². The monoisotopic (exact) mass is 373 g/mol. The van der Waals surface area contributed by atoms with Crippen molar-refractivity contribution in [2.45, 2.75) is 18.9 Å². The van der Waals surface area contributed by atoms with E-state index in [0.29, 0.717) is 24.5 Å². The maximum Gasteiger partial charge on any atom is 0.307 e. The fourth-order valence-corrected chi connectivity index (χ4v) is 3.72. The van der Waals surface area contributed by atoms with E-state index in [4.69, 9.17) is 9.47 Å². The van der Waals surface area contributed by atoms with Crippen LogP contribution in [0.3, 0.4) is 0 Å². The SMILES string of the molecule is COc1ccc(C(c2ccc(F)cc2)N2CCCC(C(=O)O)C2)c(OC)c1. The summed E-state index contributed by atoms with van der Waals surface area (Å²) in [4.78, 5) is 13.7. The molecule has 1 N–H and O–H groups in total. The van der Waals surface area contributed by atoms with E-state index < -0.39 is 11.9 Å². The van der Waals surface area contributed by atoms with E-state index in [1.807, 2.05) is 18.2 Å². The number of hydrogen-bond donors (Lipinski definition) is 1. The molecule has 1 saturated heterocycles. The van der Waals surface area contributed by atoms with Crippen LogP contribution in [-0.2, 0) is 4.79 Å². The lowest BCUT2D eigenvalue weighted by molar-refractivity contribution is -0.143. The zero-order valence-corrected chi connectivity index (χ0v) is 15.5. The van der Waals surface area contributed by atoms with Crippen LogP contribution in [0.1, 0.15) is 30.0 Å². The molecule has 0 saturated carbocycles. The molecule has 2 aromatic rings. The molecule has 1 heterocycles. The molecule has 0 radical (unpaired) electrons. The van der Waals surface area contributed by atoms with Crippen molar-refractivity contribution < 1.29 is 23.8 Å². The third-order valence-corrected chi connectivity index (χ3v) is 5.09. The molecule has 2 unspecified atom stereocenters. The van der Waals surface area contributed by atoms with E-state index in [9.17, 15) is 14.3 Å². The predicted molar refractivity (Wildman–Crippen MR) is 99.7 cm³/mol. The maximum absolute atomic E-state index is 13.5. The molecule has 5 nitrogen and oxygen atoms in total. The zero-order valence-electron chi connectivity index (χ0n) is 15.5. The number of piperidine rings is 1. The fourth-order valence-electron chi connectivity index (χ4n) is 3.72. The number of hydrogen-bond acceptors (Lipinski definition) is 4. The largest absolute Gasteiger partial charge is 0.497 e. The lowest BCUT2D eigenvalue weighted by atomic mass is 9.91. The van der Waals surface area contributed by atoms with Gasteiger partial charge in [0.25, 0.3) is 0 Å². The van der Waals surface area contributed by atoms with Crippen LogP contribution in [0, 0.1) is 11.7 Å². The first kappa shape index (κ1) is 19.2. The minimum absolute atomic E-state index is 0.228. The third-order valence-electron chi connectivity index (χ3n) is 5.09.